The number of hydrogen-bond acceptors (Lipinski definition) is 3. The molecule has 1 aromatic heterocycles. The fourth-order valence-corrected chi connectivity index (χ4v) is 3.65. The average molecular weight is 327 g/mol. The lowest BCUT2D eigenvalue weighted by Gasteiger charge is -2.33. The van der Waals surface area contributed by atoms with E-state index in [0.717, 1.165) is 26.1 Å². The van der Waals surface area contributed by atoms with Gasteiger partial charge < -0.3 is 9.88 Å². The fraction of sp³-hybridized carbons (Fsp3) is 0.474. The number of nitrogens with one attached hydrogen (secondary N) is 1. The molecule has 0 saturated carbocycles. The zero-order valence-corrected chi connectivity index (χ0v) is 14.4. The predicted molar refractivity (Wildman–Crippen MR) is 95.7 cm³/mol. The summed E-state index contributed by atoms with van der Waals surface area (Å²) in [6, 6.07) is 10.0. The van der Waals surface area contributed by atoms with Gasteiger partial charge in [0.2, 0.25) is 0 Å². The van der Waals surface area contributed by atoms with Crippen LogP contribution >= 0.6 is 0 Å². The summed E-state index contributed by atoms with van der Waals surface area (Å²) in [5.74, 6) is 0.535. The summed E-state index contributed by atoms with van der Waals surface area (Å²) in [6.45, 7) is 7.08. The van der Waals surface area contributed by atoms with Gasteiger partial charge in [0, 0.05) is 31.4 Å². The Labute approximate surface area is 141 Å². The largest absolute Gasteiger partial charge is 0.328 e. The minimum absolute atomic E-state index is 0.219. The van der Waals surface area contributed by atoms with Crippen molar-refractivity contribution in [2.24, 2.45) is 0 Å². The van der Waals surface area contributed by atoms with Gasteiger partial charge in [-0.15, -0.1) is 0 Å². The van der Waals surface area contributed by atoms with E-state index in [2.05, 4.69) is 41.1 Å². The molecule has 24 heavy (non-hydrogen) atoms. The number of aromatic nitrogens is 2. The quantitative estimate of drug-likeness (QED) is 0.935. The molecule has 1 N–H and O–H groups in total. The van der Waals surface area contributed by atoms with Crippen LogP contribution in [0.1, 0.15) is 35.6 Å². The summed E-state index contributed by atoms with van der Waals surface area (Å²) in [7, 11) is 0. The number of hydrogen-bond donors (Lipinski definition) is 1. The van der Waals surface area contributed by atoms with Crippen LogP contribution < -0.4 is 11.2 Å². The molecule has 1 aliphatic heterocycles. The molecule has 2 heterocycles. The molecule has 1 aliphatic rings. The van der Waals surface area contributed by atoms with Crippen LogP contribution in [0, 0.1) is 13.8 Å². The van der Waals surface area contributed by atoms with E-state index in [1.165, 1.54) is 28.2 Å². The maximum Gasteiger partial charge on any atom is 0.328 e. The van der Waals surface area contributed by atoms with Gasteiger partial charge in [0.15, 0.2) is 0 Å². The lowest BCUT2D eigenvalue weighted by Crippen LogP contribution is -2.41. The third-order valence-corrected chi connectivity index (χ3v) is 4.93. The Bertz CT molecular complexity index is 791. The van der Waals surface area contributed by atoms with Crippen LogP contribution in [0.4, 0.5) is 0 Å². The van der Waals surface area contributed by atoms with Gasteiger partial charge in [-0.05, 0) is 50.3 Å². The summed E-state index contributed by atoms with van der Waals surface area (Å²) in [5.41, 5.74) is 2.85. The number of aryl methyl sites for hydroxylation is 2. The topological polar surface area (TPSA) is 58.1 Å². The van der Waals surface area contributed by atoms with Crippen LogP contribution in [-0.2, 0) is 6.54 Å². The van der Waals surface area contributed by atoms with Crippen LogP contribution in [0.5, 0.6) is 0 Å². The maximum atomic E-state index is 12.0. The molecule has 0 bridgehead atoms. The zero-order chi connectivity index (χ0) is 17.1. The second-order valence-electron chi connectivity index (χ2n) is 6.74. The Hall–Kier alpha value is -2.14. The van der Waals surface area contributed by atoms with Gasteiger partial charge >= 0.3 is 5.69 Å². The summed E-state index contributed by atoms with van der Waals surface area (Å²) in [6.07, 6.45) is 2.35. The van der Waals surface area contributed by atoms with E-state index in [1.54, 1.807) is 6.92 Å². The van der Waals surface area contributed by atoms with Crippen molar-refractivity contribution >= 4 is 0 Å². The molecular weight excluding hydrogens is 302 g/mol. The third-order valence-electron chi connectivity index (χ3n) is 4.93. The van der Waals surface area contributed by atoms with E-state index in [4.69, 9.17) is 0 Å². The average Bonchev–Trinajstić information content (AvgIpc) is 2.54. The molecule has 5 nitrogen and oxygen atoms in total. The summed E-state index contributed by atoms with van der Waals surface area (Å²) < 4.78 is 1.30. The van der Waals surface area contributed by atoms with Crippen molar-refractivity contribution in [3.8, 4) is 0 Å². The molecule has 5 heteroatoms. The number of benzene rings is 1. The molecule has 1 saturated heterocycles. The van der Waals surface area contributed by atoms with Gasteiger partial charge in [0.1, 0.15) is 0 Å². The van der Waals surface area contributed by atoms with Gasteiger partial charge in [-0.3, -0.25) is 9.36 Å². The molecule has 0 radical (unpaired) electrons. The SMILES string of the molecule is Cc1cc(=O)n(CCN2CCCC(c3ccccc3C)C2)c(=O)[nH]1. The number of rotatable bonds is 4. The van der Waals surface area contributed by atoms with Gasteiger partial charge in [-0.1, -0.05) is 24.3 Å². The second kappa shape index (κ2) is 7.18. The molecule has 1 fully saturated rings. The highest BCUT2D eigenvalue weighted by molar-refractivity contribution is 5.29. The van der Waals surface area contributed by atoms with Gasteiger partial charge in [-0.25, -0.2) is 4.79 Å². The molecule has 3 rings (SSSR count). The molecule has 0 aliphatic carbocycles. The van der Waals surface area contributed by atoms with Crippen molar-refractivity contribution in [3.05, 3.63) is 68.0 Å². The lowest BCUT2D eigenvalue weighted by molar-refractivity contribution is 0.199. The number of nitrogens with zero attached hydrogens (tertiary/aromatic N) is 2. The maximum absolute atomic E-state index is 12.0. The predicted octanol–water partition coefficient (Wildman–Crippen LogP) is 2.03. The van der Waals surface area contributed by atoms with Crippen LogP contribution in [0.25, 0.3) is 0 Å². The monoisotopic (exact) mass is 327 g/mol. The Morgan fingerprint density at radius 1 is 1.17 bits per heavy atom. The first-order valence-electron chi connectivity index (χ1n) is 8.63. The Morgan fingerprint density at radius 3 is 2.71 bits per heavy atom. The normalized spacial score (nSPS) is 18.7. The van der Waals surface area contributed by atoms with Crippen molar-refractivity contribution in [2.75, 3.05) is 19.6 Å². The zero-order valence-electron chi connectivity index (χ0n) is 14.4. The first kappa shape index (κ1) is 16.7. The van der Waals surface area contributed by atoms with Gasteiger partial charge in [0.05, 0.1) is 0 Å². The highest BCUT2D eigenvalue weighted by Crippen LogP contribution is 2.28. The van der Waals surface area contributed by atoms with E-state index in [0.29, 0.717) is 18.2 Å². The molecule has 2 aromatic rings. The molecule has 0 spiro atoms. The van der Waals surface area contributed by atoms with Crippen molar-refractivity contribution in [2.45, 2.75) is 39.2 Å². The lowest BCUT2D eigenvalue weighted by atomic mass is 9.88. The Morgan fingerprint density at radius 2 is 1.96 bits per heavy atom. The number of likely N-dealkylation sites (tertiary alicyclic amines) is 1. The van der Waals surface area contributed by atoms with E-state index in [-0.39, 0.29) is 11.2 Å². The van der Waals surface area contributed by atoms with Crippen molar-refractivity contribution in [1.29, 1.82) is 0 Å². The first-order chi connectivity index (χ1) is 11.5. The standard InChI is InChI=1S/C19H25N3O2/c1-14-6-3-4-8-17(14)16-7-5-9-21(13-16)10-11-22-18(23)12-15(2)20-19(22)24/h3-4,6,8,12,16H,5,7,9-11,13H2,1-2H3,(H,20,24). The van der Waals surface area contributed by atoms with E-state index < -0.39 is 0 Å². The fourth-order valence-electron chi connectivity index (χ4n) is 3.65. The number of aromatic amines is 1. The van der Waals surface area contributed by atoms with Gasteiger partial charge in [0.25, 0.3) is 5.56 Å². The minimum atomic E-state index is -0.313. The van der Waals surface area contributed by atoms with Crippen LogP contribution in [-0.4, -0.2) is 34.1 Å². The molecule has 1 unspecified atom stereocenters. The molecule has 0 amide bonds. The minimum Gasteiger partial charge on any atom is -0.311 e. The third kappa shape index (κ3) is 3.67. The van der Waals surface area contributed by atoms with Crippen molar-refractivity contribution < 1.29 is 0 Å². The van der Waals surface area contributed by atoms with Crippen LogP contribution in [0.3, 0.4) is 0 Å². The van der Waals surface area contributed by atoms with Crippen LogP contribution in [0.2, 0.25) is 0 Å². The molecule has 128 valence electrons. The molecule has 1 aromatic carbocycles. The Kier molecular flexibility index (Phi) is 5.00. The summed E-state index contributed by atoms with van der Waals surface area (Å²) in [4.78, 5) is 29.0. The number of H-pyrrole nitrogens is 1. The van der Waals surface area contributed by atoms with E-state index in [9.17, 15) is 9.59 Å². The summed E-state index contributed by atoms with van der Waals surface area (Å²) >= 11 is 0. The first-order valence-corrected chi connectivity index (χ1v) is 8.63. The number of piperidine rings is 1. The summed E-state index contributed by atoms with van der Waals surface area (Å²) in [5, 5.41) is 0. The highest BCUT2D eigenvalue weighted by atomic mass is 16.2. The van der Waals surface area contributed by atoms with Crippen molar-refractivity contribution in [3.63, 3.8) is 0 Å². The van der Waals surface area contributed by atoms with E-state index >= 15 is 0 Å². The van der Waals surface area contributed by atoms with Crippen molar-refractivity contribution in [1.82, 2.24) is 14.5 Å². The smallest absolute Gasteiger partial charge is 0.311 e. The van der Waals surface area contributed by atoms with Gasteiger partial charge in [-0.2, -0.15) is 0 Å². The molecule has 1 atom stereocenters. The molecular formula is C19H25N3O2. The van der Waals surface area contributed by atoms with E-state index in [1.807, 2.05) is 0 Å². The second-order valence-corrected chi connectivity index (χ2v) is 6.74. The van der Waals surface area contributed by atoms with Crippen LogP contribution in [0.15, 0.2) is 39.9 Å². The Balaban J connectivity index is 1.68. The highest BCUT2D eigenvalue weighted by Gasteiger charge is 2.22.